The van der Waals surface area contributed by atoms with Gasteiger partial charge in [-0.2, -0.15) is 124 Å². The van der Waals surface area contributed by atoms with Crippen LogP contribution in [0.15, 0.2) is 66.7 Å². The van der Waals surface area contributed by atoms with E-state index in [0.717, 1.165) is 6.92 Å². The van der Waals surface area contributed by atoms with Crippen molar-refractivity contribution in [1.82, 2.24) is 0 Å². The minimum atomic E-state index is -5.79. The summed E-state index contributed by atoms with van der Waals surface area (Å²) in [5.41, 5.74) is -19.5. The van der Waals surface area contributed by atoms with Gasteiger partial charge in [-0.1, -0.05) is 25.0 Å². The Morgan fingerprint density at radius 3 is 1.11 bits per heavy atom. The maximum atomic E-state index is 15.1. The Hall–Kier alpha value is -5.46. The van der Waals surface area contributed by atoms with Gasteiger partial charge in [-0.3, -0.25) is 4.48 Å². The first-order chi connectivity index (χ1) is 33.7. The van der Waals surface area contributed by atoms with Crippen LogP contribution >= 0.6 is 0 Å². The average molecular weight is 1130 g/mol. The highest BCUT2D eigenvalue weighted by Gasteiger charge is 2.56. The fourth-order valence-electron chi connectivity index (χ4n) is 6.41. The molecule has 31 heteroatoms. The summed E-state index contributed by atoms with van der Waals surface area (Å²) in [4.78, 5) is 0. The zero-order chi connectivity index (χ0) is 57.9. The standard InChI is InChI=1S/C36H35BF18NO5.C8H3F6/c1-7-9-57-19(3)56(5,6)30(4,58-10-8-2)29-27(36(53,54)55)17-24(35(50,51)52)18-28(29)61-37(59-25-13-20(31(38,39)40)11-21(14-25)32(41,42)43)60-26-15-22(33(44,45)46)12-23(16-26)34(47,48)49;9-7(10,11)5-2-1-3-6(4-5)8(12,13)14/h11-19H,7-10H2,1-6H3;2-4H/q+1;-1. The molecule has 4 aromatic carbocycles. The van der Waals surface area contributed by atoms with Gasteiger partial charge >= 0.3 is 56.7 Å². The summed E-state index contributed by atoms with van der Waals surface area (Å²) in [7, 11) is -0.979. The van der Waals surface area contributed by atoms with Crippen molar-refractivity contribution in [1.29, 1.82) is 0 Å². The molecule has 0 amide bonds. The van der Waals surface area contributed by atoms with Crippen LogP contribution in [-0.2, 0) is 64.6 Å². The first-order valence-corrected chi connectivity index (χ1v) is 20.8. The highest BCUT2D eigenvalue weighted by molar-refractivity contribution is 6.39. The fourth-order valence-corrected chi connectivity index (χ4v) is 6.41. The molecule has 0 spiro atoms. The van der Waals surface area contributed by atoms with Gasteiger partial charge in [-0.15, -0.1) is 6.07 Å². The molecule has 6 nitrogen and oxygen atoms in total. The van der Waals surface area contributed by atoms with Crippen LogP contribution in [-0.4, -0.2) is 45.3 Å². The lowest BCUT2D eigenvalue weighted by Gasteiger charge is -2.50. The van der Waals surface area contributed by atoms with Crippen molar-refractivity contribution in [3.8, 4) is 17.2 Å². The smallest absolute Gasteiger partial charge is 0.490 e. The topological polar surface area (TPSA) is 46.2 Å². The summed E-state index contributed by atoms with van der Waals surface area (Å²) in [6.45, 7) is 4.88. The van der Waals surface area contributed by atoms with Crippen LogP contribution in [0.25, 0.3) is 0 Å². The Bertz CT molecular complexity index is 2370. The van der Waals surface area contributed by atoms with Gasteiger partial charge < -0.3 is 23.4 Å². The van der Waals surface area contributed by atoms with Gasteiger partial charge in [-0.05, 0) is 61.4 Å². The normalized spacial score (nSPS) is 14.6. The molecule has 0 aliphatic rings. The minimum absolute atomic E-state index is 0.0288. The monoisotopic (exact) mass is 1130 g/mol. The largest absolute Gasteiger partial charge is 0.864 e. The predicted octanol–water partition coefficient (Wildman–Crippen LogP) is 16.3. The van der Waals surface area contributed by atoms with Gasteiger partial charge in [0.05, 0.1) is 66.3 Å². The number of nitrogens with zero attached hydrogens (tertiary/aromatic N) is 1. The van der Waals surface area contributed by atoms with Crippen molar-refractivity contribution in [2.45, 2.75) is 102 Å². The molecular formula is C44H38BF24NO5. The van der Waals surface area contributed by atoms with Crippen molar-refractivity contribution in [2.24, 2.45) is 0 Å². The lowest BCUT2D eigenvalue weighted by molar-refractivity contribution is -1.01. The van der Waals surface area contributed by atoms with Crippen molar-refractivity contribution in [3.63, 3.8) is 0 Å². The Morgan fingerprint density at radius 2 is 0.787 bits per heavy atom. The summed E-state index contributed by atoms with van der Waals surface area (Å²) in [6, 6.07) is 0.600. The number of ether oxygens (including phenoxy) is 2. The van der Waals surface area contributed by atoms with E-state index in [0.29, 0.717) is 18.6 Å². The van der Waals surface area contributed by atoms with Gasteiger partial charge in [0.1, 0.15) is 17.2 Å². The van der Waals surface area contributed by atoms with E-state index in [1.807, 2.05) is 0 Å². The maximum absolute atomic E-state index is 15.1. The Kier molecular flexibility index (Phi) is 19.3. The van der Waals surface area contributed by atoms with Crippen molar-refractivity contribution < 1.29 is 133 Å². The molecule has 0 radical (unpaired) electrons. The second-order valence-electron chi connectivity index (χ2n) is 16.4. The lowest BCUT2D eigenvalue weighted by Crippen LogP contribution is -2.63. The summed E-state index contributed by atoms with van der Waals surface area (Å²) in [5.74, 6) is -4.93. The van der Waals surface area contributed by atoms with Gasteiger partial charge in [0.2, 0.25) is 5.72 Å². The van der Waals surface area contributed by atoms with Gasteiger partial charge in [0.15, 0.2) is 6.23 Å². The average Bonchev–Trinajstić information content (AvgIpc) is 3.24. The Balaban J connectivity index is 0.000000910. The number of benzene rings is 4. The van der Waals surface area contributed by atoms with E-state index >= 15 is 13.2 Å². The first-order valence-electron chi connectivity index (χ1n) is 20.8. The number of hydrogen-bond donors (Lipinski definition) is 0. The molecule has 75 heavy (non-hydrogen) atoms. The molecule has 0 saturated heterocycles. The third-order valence-corrected chi connectivity index (χ3v) is 10.6. The van der Waals surface area contributed by atoms with E-state index in [1.165, 1.54) is 27.9 Å². The first kappa shape index (κ1) is 63.8. The van der Waals surface area contributed by atoms with E-state index in [1.54, 1.807) is 13.0 Å². The van der Waals surface area contributed by atoms with Gasteiger partial charge in [0, 0.05) is 13.8 Å². The van der Waals surface area contributed by atoms with Crippen LogP contribution in [0.2, 0.25) is 0 Å². The fraction of sp³-hybridized carbons (Fsp3) is 0.455. The minimum Gasteiger partial charge on any atom is -0.490 e. The Labute approximate surface area is 409 Å². The maximum Gasteiger partial charge on any atom is 0.864 e. The number of hydrogen-bond acceptors (Lipinski definition) is 5. The zero-order valence-corrected chi connectivity index (χ0v) is 38.9. The molecule has 4 aromatic rings. The molecule has 4 rings (SSSR count). The summed E-state index contributed by atoms with van der Waals surface area (Å²) in [6.07, 6.45) is -44.4. The number of rotatable bonds is 15. The van der Waals surface area contributed by atoms with Gasteiger partial charge in [-0.25, -0.2) is 0 Å². The van der Waals surface area contributed by atoms with E-state index in [-0.39, 0.29) is 55.5 Å². The zero-order valence-electron chi connectivity index (χ0n) is 38.9. The van der Waals surface area contributed by atoms with Crippen LogP contribution in [0.4, 0.5) is 105 Å². The number of quaternary nitrogens is 1. The van der Waals surface area contributed by atoms with E-state index in [2.05, 4.69) is 0 Å². The molecule has 0 aromatic heterocycles. The highest BCUT2D eigenvalue weighted by atomic mass is 19.4. The Morgan fingerprint density at radius 1 is 0.453 bits per heavy atom. The molecule has 0 aliphatic heterocycles. The second kappa shape index (κ2) is 22.6. The number of halogens is 24. The van der Waals surface area contributed by atoms with Crippen LogP contribution in [0.3, 0.4) is 0 Å². The van der Waals surface area contributed by atoms with E-state index in [4.69, 9.17) is 23.4 Å². The molecular weight excluding hydrogens is 1090 g/mol. The summed E-state index contributed by atoms with van der Waals surface area (Å²) in [5, 5.41) is 0. The quantitative estimate of drug-likeness (QED) is 0.0390. The van der Waals surface area contributed by atoms with Crippen LogP contribution in [0.1, 0.15) is 90.6 Å². The molecule has 0 saturated carbocycles. The highest BCUT2D eigenvalue weighted by Crippen LogP contribution is 2.51. The predicted molar refractivity (Wildman–Crippen MR) is 214 cm³/mol. The molecule has 0 fully saturated rings. The third kappa shape index (κ3) is 16.8. The van der Waals surface area contributed by atoms with Crippen LogP contribution < -0.4 is 14.0 Å². The van der Waals surface area contributed by atoms with Crippen LogP contribution in [0.5, 0.6) is 17.2 Å². The third-order valence-electron chi connectivity index (χ3n) is 10.6. The van der Waals surface area contributed by atoms with Crippen LogP contribution in [0, 0.1) is 6.07 Å². The summed E-state index contributed by atoms with van der Waals surface area (Å²) >= 11 is 0. The summed E-state index contributed by atoms with van der Waals surface area (Å²) < 4.78 is 352. The molecule has 2 unspecified atom stereocenters. The van der Waals surface area contributed by atoms with Gasteiger partial charge in [0.25, 0.3) is 0 Å². The second-order valence-corrected chi connectivity index (χ2v) is 16.4. The molecule has 0 bridgehead atoms. The van der Waals surface area contributed by atoms with Crippen molar-refractivity contribution in [3.05, 3.63) is 123 Å². The lowest BCUT2D eigenvalue weighted by atomic mass is 9.90. The van der Waals surface area contributed by atoms with E-state index < -0.39 is 159 Å². The molecule has 0 aliphatic carbocycles. The van der Waals surface area contributed by atoms with E-state index in [9.17, 15) is 92.2 Å². The SMILES string of the molecule is CCCOC(C)[N+](C)(C)C(C)(OCCC)c1c(OB(Oc2cc(C(F)(F)F)cc(C(F)(F)F)c2)Oc2cc(C(F)(F)F)cc(C(F)(F)F)c2)cc(C(F)(F)F)cc1C(F)(F)F.FC(F)(F)c1c[c-]cc(C(F)(F)F)c1. The van der Waals surface area contributed by atoms with Crippen molar-refractivity contribution >= 4 is 7.32 Å². The van der Waals surface area contributed by atoms with Crippen molar-refractivity contribution in [2.75, 3.05) is 27.3 Å². The molecule has 420 valence electrons. The molecule has 2 atom stereocenters. The molecule has 0 heterocycles. The number of alkyl halides is 24. The molecule has 0 N–H and O–H groups in total.